The number of nitrogens with one attached hydrogen (secondary N) is 1. The maximum Gasteiger partial charge on any atom is 0.269 e. The van der Waals surface area contributed by atoms with Crippen molar-refractivity contribution in [3.05, 3.63) is 75.6 Å². The molecule has 0 atom stereocenters. The van der Waals surface area contributed by atoms with Crippen molar-refractivity contribution >= 4 is 11.6 Å². The molecular weight excluding hydrogens is 287 g/mol. The van der Waals surface area contributed by atoms with Crippen LogP contribution in [0.25, 0.3) is 0 Å². The van der Waals surface area contributed by atoms with Crippen molar-refractivity contribution in [2.75, 3.05) is 6.54 Å². The largest absolute Gasteiger partial charge is 0.355 e. The normalized spacial score (nSPS) is 10.2. The lowest BCUT2D eigenvalue weighted by Crippen LogP contribution is -2.27. The van der Waals surface area contributed by atoms with Gasteiger partial charge in [-0.3, -0.25) is 14.9 Å². The predicted molar refractivity (Wildman–Crippen MR) is 79.9 cm³/mol. The molecule has 114 valence electrons. The maximum atomic E-state index is 12.7. The van der Waals surface area contributed by atoms with E-state index in [1.807, 2.05) is 0 Å². The van der Waals surface area contributed by atoms with Crippen LogP contribution in [0.5, 0.6) is 0 Å². The molecule has 22 heavy (non-hydrogen) atoms. The van der Waals surface area contributed by atoms with Gasteiger partial charge in [0.2, 0.25) is 5.91 Å². The number of hydrogen-bond donors (Lipinski definition) is 1. The number of carbonyl (C=O) groups excluding carboxylic acids is 1. The van der Waals surface area contributed by atoms with Crippen LogP contribution in [0.3, 0.4) is 0 Å². The number of carbonyl (C=O) groups is 1. The Balaban J connectivity index is 1.77. The van der Waals surface area contributed by atoms with E-state index in [0.717, 1.165) is 5.56 Å². The quantitative estimate of drug-likeness (QED) is 0.658. The molecule has 0 fully saturated rings. The Morgan fingerprint density at radius 2 is 1.64 bits per heavy atom. The summed E-state index contributed by atoms with van der Waals surface area (Å²) < 4.78 is 12.7. The zero-order valence-corrected chi connectivity index (χ0v) is 11.8. The highest BCUT2D eigenvalue weighted by Crippen LogP contribution is 2.12. The topological polar surface area (TPSA) is 72.2 Å². The highest BCUT2D eigenvalue weighted by atomic mass is 19.1. The number of benzene rings is 2. The fourth-order valence-electron chi connectivity index (χ4n) is 1.98. The molecule has 0 aromatic heterocycles. The minimum Gasteiger partial charge on any atom is -0.355 e. The van der Waals surface area contributed by atoms with Gasteiger partial charge in [0.1, 0.15) is 5.82 Å². The van der Waals surface area contributed by atoms with Crippen LogP contribution in [0.4, 0.5) is 10.1 Å². The van der Waals surface area contributed by atoms with E-state index in [-0.39, 0.29) is 23.8 Å². The Kier molecular flexibility index (Phi) is 5.19. The predicted octanol–water partition coefficient (Wildman–Crippen LogP) is 2.64. The average molecular weight is 302 g/mol. The Labute approximate surface area is 126 Å². The summed E-state index contributed by atoms with van der Waals surface area (Å²) in [6.07, 6.45) is 0.785. The van der Waals surface area contributed by atoms with E-state index in [1.165, 1.54) is 24.3 Å². The summed E-state index contributed by atoms with van der Waals surface area (Å²) in [6.45, 7) is 0.456. The highest BCUT2D eigenvalue weighted by Gasteiger charge is 2.07. The van der Waals surface area contributed by atoms with E-state index < -0.39 is 4.92 Å². The molecule has 0 saturated heterocycles. The third kappa shape index (κ3) is 4.66. The molecule has 0 saturated carbocycles. The van der Waals surface area contributed by atoms with E-state index in [0.29, 0.717) is 18.5 Å². The molecule has 0 unspecified atom stereocenters. The summed E-state index contributed by atoms with van der Waals surface area (Å²) >= 11 is 0. The Hall–Kier alpha value is -2.76. The molecule has 6 heteroatoms. The average Bonchev–Trinajstić information content (AvgIpc) is 2.50. The molecule has 2 aromatic carbocycles. The number of rotatable bonds is 6. The number of nitro groups is 1. The zero-order chi connectivity index (χ0) is 15.9. The molecule has 0 aliphatic carbocycles. The Morgan fingerprint density at radius 1 is 1.05 bits per heavy atom. The minimum absolute atomic E-state index is 0.000433. The molecule has 5 nitrogen and oxygen atoms in total. The van der Waals surface area contributed by atoms with E-state index in [2.05, 4.69) is 5.32 Å². The summed E-state index contributed by atoms with van der Waals surface area (Å²) in [5, 5.41) is 13.3. The first-order valence-electron chi connectivity index (χ1n) is 6.79. The van der Waals surface area contributed by atoms with Gasteiger partial charge in [-0.25, -0.2) is 4.39 Å². The molecule has 2 rings (SSSR count). The monoisotopic (exact) mass is 302 g/mol. The van der Waals surface area contributed by atoms with Crippen LogP contribution in [0.2, 0.25) is 0 Å². The number of hydrogen-bond acceptors (Lipinski definition) is 3. The molecule has 0 aliphatic rings. The third-order valence-electron chi connectivity index (χ3n) is 3.16. The van der Waals surface area contributed by atoms with Crippen molar-refractivity contribution in [1.29, 1.82) is 0 Å². The van der Waals surface area contributed by atoms with Crippen LogP contribution in [0, 0.1) is 15.9 Å². The lowest BCUT2D eigenvalue weighted by Gasteiger charge is -2.05. The molecule has 2 aromatic rings. The van der Waals surface area contributed by atoms with Crippen molar-refractivity contribution in [3.63, 3.8) is 0 Å². The second-order valence-electron chi connectivity index (χ2n) is 4.83. The first-order valence-corrected chi connectivity index (χ1v) is 6.79. The van der Waals surface area contributed by atoms with Gasteiger partial charge in [-0.05, 0) is 29.7 Å². The summed E-state index contributed by atoms with van der Waals surface area (Å²) in [4.78, 5) is 21.8. The minimum atomic E-state index is -0.480. The van der Waals surface area contributed by atoms with Gasteiger partial charge in [0.05, 0.1) is 11.3 Å². The van der Waals surface area contributed by atoms with Crippen molar-refractivity contribution in [3.8, 4) is 0 Å². The standard InChI is InChI=1S/C16H15FN2O3/c17-14-5-1-12(2-6-14)9-10-18-16(20)11-13-3-7-15(8-4-13)19(21)22/h1-8H,9-11H2,(H,18,20). The van der Waals surface area contributed by atoms with Crippen molar-refractivity contribution in [1.82, 2.24) is 5.32 Å². The summed E-state index contributed by atoms with van der Waals surface area (Å²) in [5.41, 5.74) is 1.65. The molecule has 0 heterocycles. The van der Waals surface area contributed by atoms with Crippen LogP contribution in [0.15, 0.2) is 48.5 Å². The Morgan fingerprint density at radius 3 is 2.23 bits per heavy atom. The van der Waals surface area contributed by atoms with E-state index in [1.54, 1.807) is 24.3 Å². The van der Waals surface area contributed by atoms with Crippen LogP contribution in [0.1, 0.15) is 11.1 Å². The van der Waals surface area contributed by atoms with Crippen molar-refractivity contribution in [2.24, 2.45) is 0 Å². The van der Waals surface area contributed by atoms with Crippen LogP contribution < -0.4 is 5.32 Å². The lowest BCUT2D eigenvalue weighted by molar-refractivity contribution is -0.384. The molecule has 0 radical (unpaired) electrons. The summed E-state index contributed by atoms with van der Waals surface area (Å²) in [5.74, 6) is -0.443. The van der Waals surface area contributed by atoms with Crippen LogP contribution >= 0.6 is 0 Å². The molecule has 1 amide bonds. The lowest BCUT2D eigenvalue weighted by atomic mass is 10.1. The van der Waals surface area contributed by atoms with Gasteiger partial charge in [-0.2, -0.15) is 0 Å². The second-order valence-corrected chi connectivity index (χ2v) is 4.83. The van der Waals surface area contributed by atoms with Gasteiger partial charge < -0.3 is 5.32 Å². The third-order valence-corrected chi connectivity index (χ3v) is 3.16. The number of non-ortho nitro benzene ring substituents is 1. The summed E-state index contributed by atoms with van der Waals surface area (Å²) in [7, 11) is 0. The van der Waals surface area contributed by atoms with E-state index in [9.17, 15) is 19.3 Å². The van der Waals surface area contributed by atoms with Gasteiger partial charge in [-0.15, -0.1) is 0 Å². The van der Waals surface area contributed by atoms with Gasteiger partial charge in [0, 0.05) is 18.7 Å². The van der Waals surface area contributed by atoms with Crippen LogP contribution in [-0.4, -0.2) is 17.4 Å². The van der Waals surface area contributed by atoms with E-state index >= 15 is 0 Å². The van der Waals surface area contributed by atoms with Gasteiger partial charge >= 0.3 is 0 Å². The summed E-state index contributed by atoms with van der Waals surface area (Å²) in [6, 6.07) is 12.0. The number of nitro benzene ring substituents is 1. The van der Waals surface area contributed by atoms with Gasteiger partial charge in [0.15, 0.2) is 0 Å². The fraction of sp³-hybridized carbons (Fsp3) is 0.188. The maximum absolute atomic E-state index is 12.7. The second kappa shape index (κ2) is 7.31. The fourth-order valence-corrected chi connectivity index (χ4v) is 1.98. The SMILES string of the molecule is O=C(Cc1ccc([N+](=O)[O-])cc1)NCCc1ccc(F)cc1. The first-order chi connectivity index (χ1) is 10.5. The molecule has 0 spiro atoms. The van der Waals surface area contributed by atoms with Crippen LogP contribution in [-0.2, 0) is 17.6 Å². The Bertz CT molecular complexity index is 654. The highest BCUT2D eigenvalue weighted by molar-refractivity contribution is 5.78. The smallest absolute Gasteiger partial charge is 0.269 e. The van der Waals surface area contributed by atoms with Gasteiger partial charge in [0.25, 0.3) is 5.69 Å². The van der Waals surface area contributed by atoms with Gasteiger partial charge in [-0.1, -0.05) is 24.3 Å². The first kappa shape index (κ1) is 15.6. The number of nitrogens with zero attached hydrogens (tertiary/aromatic N) is 1. The molecule has 0 aliphatic heterocycles. The number of amides is 1. The zero-order valence-electron chi connectivity index (χ0n) is 11.8. The molecule has 0 bridgehead atoms. The van der Waals surface area contributed by atoms with E-state index in [4.69, 9.17) is 0 Å². The molecular formula is C16H15FN2O3. The van der Waals surface area contributed by atoms with Crippen molar-refractivity contribution in [2.45, 2.75) is 12.8 Å². The van der Waals surface area contributed by atoms with Crippen molar-refractivity contribution < 1.29 is 14.1 Å². The molecule has 1 N–H and O–H groups in total. The number of halogens is 1.